The van der Waals surface area contributed by atoms with Crippen LogP contribution in [-0.2, 0) is 23.8 Å². The molecule has 6 heteroatoms. The van der Waals surface area contributed by atoms with Crippen LogP contribution < -0.4 is 0 Å². The Morgan fingerprint density at radius 2 is 1.65 bits per heavy atom. The van der Waals surface area contributed by atoms with Crippen molar-refractivity contribution in [3.8, 4) is 0 Å². The van der Waals surface area contributed by atoms with Crippen molar-refractivity contribution in [3.05, 3.63) is 0 Å². The van der Waals surface area contributed by atoms with E-state index in [9.17, 15) is 13.2 Å². The Morgan fingerprint density at radius 3 is 2.13 bits per heavy atom. The molecule has 0 amide bonds. The van der Waals surface area contributed by atoms with E-state index < -0.39 is 26.7 Å². The van der Waals surface area contributed by atoms with Gasteiger partial charge in [0.1, 0.15) is 5.60 Å². The second-order valence-electron chi connectivity index (χ2n) is 8.74. The summed E-state index contributed by atoms with van der Waals surface area (Å²) < 4.78 is 35.0. The fourth-order valence-corrected chi connectivity index (χ4v) is 5.95. The van der Waals surface area contributed by atoms with Gasteiger partial charge in [-0.25, -0.2) is 0 Å². The third-order valence-corrected chi connectivity index (χ3v) is 6.68. The zero-order chi connectivity index (χ0) is 17.1. The molecule has 0 aromatic rings. The Hall–Kier alpha value is -0.620. The Morgan fingerprint density at radius 1 is 1.13 bits per heavy atom. The molecule has 4 rings (SSSR count). The molecule has 0 aliphatic heterocycles. The number of ether oxygens (including phenoxy) is 1. The Labute approximate surface area is 139 Å². The third kappa shape index (κ3) is 3.29. The molecular weight excluding hydrogens is 316 g/mol. The molecule has 2 atom stereocenters. The normalized spacial score (nSPS) is 39.5. The number of hydrogen-bond donors (Lipinski definition) is 0. The number of carbonyl (C=O) groups excluding carboxylic acids is 1. The first-order valence-electron chi connectivity index (χ1n) is 8.61. The standard InChI is InChI=1S/C17H28O5S/c1-5-15(2,3)14(18)21-16-7-12-6-13(8-16)10-17(9-12,11-16)22-23(4,19)20/h12-13H,5-11H2,1-4H3. The summed E-state index contributed by atoms with van der Waals surface area (Å²) in [5, 5.41) is 0. The van der Waals surface area contributed by atoms with Gasteiger partial charge in [-0.3, -0.25) is 8.98 Å². The van der Waals surface area contributed by atoms with Crippen LogP contribution in [0.5, 0.6) is 0 Å². The van der Waals surface area contributed by atoms with E-state index in [2.05, 4.69) is 0 Å². The zero-order valence-corrected chi connectivity index (χ0v) is 15.4. The molecule has 0 N–H and O–H groups in total. The summed E-state index contributed by atoms with van der Waals surface area (Å²) in [5.74, 6) is 0.627. The molecule has 4 fully saturated rings. The summed E-state index contributed by atoms with van der Waals surface area (Å²) >= 11 is 0. The Bertz CT molecular complexity index is 592. The fraction of sp³-hybridized carbons (Fsp3) is 0.941. The minimum absolute atomic E-state index is 0.170. The highest BCUT2D eigenvalue weighted by Crippen LogP contribution is 2.60. The van der Waals surface area contributed by atoms with Crippen LogP contribution in [0.2, 0.25) is 0 Å². The van der Waals surface area contributed by atoms with Gasteiger partial charge in [-0.15, -0.1) is 0 Å². The van der Waals surface area contributed by atoms with E-state index in [0.29, 0.717) is 18.3 Å². The number of esters is 1. The van der Waals surface area contributed by atoms with Crippen molar-refractivity contribution in [2.24, 2.45) is 17.3 Å². The van der Waals surface area contributed by atoms with Crippen LogP contribution in [0, 0.1) is 17.3 Å². The van der Waals surface area contributed by atoms with Gasteiger partial charge < -0.3 is 4.74 Å². The van der Waals surface area contributed by atoms with Crippen molar-refractivity contribution in [3.63, 3.8) is 0 Å². The van der Waals surface area contributed by atoms with E-state index in [4.69, 9.17) is 8.92 Å². The van der Waals surface area contributed by atoms with Crippen LogP contribution in [0.4, 0.5) is 0 Å². The van der Waals surface area contributed by atoms with Crippen molar-refractivity contribution in [1.82, 2.24) is 0 Å². The molecule has 0 heterocycles. The highest BCUT2D eigenvalue weighted by atomic mass is 32.2. The third-order valence-electron chi connectivity index (χ3n) is 6.03. The highest BCUT2D eigenvalue weighted by Gasteiger charge is 2.61. The monoisotopic (exact) mass is 344 g/mol. The van der Waals surface area contributed by atoms with Crippen LogP contribution in [0.3, 0.4) is 0 Å². The Kier molecular flexibility index (Phi) is 3.88. The first-order valence-corrected chi connectivity index (χ1v) is 10.4. The van der Waals surface area contributed by atoms with Gasteiger partial charge in [0.2, 0.25) is 0 Å². The predicted molar refractivity (Wildman–Crippen MR) is 86.2 cm³/mol. The first kappa shape index (κ1) is 17.2. The largest absolute Gasteiger partial charge is 0.459 e. The molecule has 4 bridgehead atoms. The number of carbonyl (C=O) groups is 1. The lowest BCUT2D eigenvalue weighted by molar-refractivity contribution is -0.218. The molecule has 2 unspecified atom stereocenters. The minimum Gasteiger partial charge on any atom is -0.459 e. The molecule has 4 saturated carbocycles. The van der Waals surface area contributed by atoms with Crippen molar-refractivity contribution >= 4 is 16.1 Å². The van der Waals surface area contributed by atoms with Gasteiger partial charge >= 0.3 is 5.97 Å². The summed E-state index contributed by atoms with van der Waals surface area (Å²) in [6.45, 7) is 5.78. The van der Waals surface area contributed by atoms with Gasteiger partial charge in [0.15, 0.2) is 0 Å². The molecule has 4 aliphatic carbocycles. The maximum Gasteiger partial charge on any atom is 0.312 e. The lowest BCUT2D eigenvalue weighted by Gasteiger charge is -2.60. The van der Waals surface area contributed by atoms with Crippen LogP contribution in [0.15, 0.2) is 0 Å². The average molecular weight is 344 g/mol. The second kappa shape index (κ2) is 5.19. The quantitative estimate of drug-likeness (QED) is 0.566. The van der Waals surface area contributed by atoms with Gasteiger partial charge in [-0.1, -0.05) is 6.92 Å². The van der Waals surface area contributed by atoms with Crippen molar-refractivity contribution < 1.29 is 22.1 Å². The molecule has 4 aliphatic rings. The average Bonchev–Trinajstić information content (AvgIpc) is 2.33. The SMILES string of the molecule is CCC(C)(C)C(=O)OC12CC3CC(C1)CC(OS(C)(=O)=O)(C3)C2. The predicted octanol–water partition coefficient (Wildman–Crippen LogP) is 3.03. The van der Waals surface area contributed by atoms with Gasteiger partial charge in [0, 0.05) is 6.42 Å². The minimum atomic E-state index is -3.52. The summed E-state index contributed by atoms with van der Waals surface area (Å²) in [5.41, 5.74) is -1.69. The number of hydrogen-bond acceptors (Lipinski definition) is 5. The smallest absolute Gasteiger partial charge is 0.312 e. The molecule has 5 nitrogen and oxygen atoms in total. The summed E-state index contributed by atoms with van der Waals surface area (Å²) in [6.07, 6.45) is 6.70. The van der Waals surface area contributed by atoms with Crippen LogP contribution in [0.25, 0.3) is 0 Å². The summed E-state index contributed by atoms with van der Waals surface area (Å²) in [7, 11) is -3.52. The van der Waals surface area contributed by atoms with E-state index in [1.165, 1.54) is 0 Å². The van der Waals surface area contributed by atoms with E-state index in [0.717, 1.165) is 44.8 Å². The van der Waals surface area contributed by atoms with Crippen LogP contribution in [-0.4, -0.2) is 31.8 Å². The Balaban J connectivity index is 1.85. The highest BCUT2D eigenvalue weighted by molar-refractivity contribution is 7.86. The van der Waals surface area contributed by atoms with Crippen LogP contribution in [0.1, 0.15) is 65.7 Å². The molecule has 0 aromatic carbocycles. The topological polar surface area (TPSA) is 69.7 Å². The van der Waals surface area contributed by atoms with Crippen molar-refractivity contribution in [2.45, 2.75) is 76.9 Å². The molecule has 23 heavy (non-hydrogen) atoms. The van der Waals surface area contributed by atoms with Gasteiger partial charge in [-0.05, 0) is 64.2 Å². The maximum atomic E-state index is 12.6. The molecule has 132 valence electrons. The molecule has 0 spiro atoms. The summed E-state index contributed by atoms with van der Waals surface area (Å²) in [4.78, 5) is 12.6. The number of rotatable bonds is 5. The lowest BCUT2D eigenvalue weighted by atomic mass is 9.52. The fourth-order valence-electron chi connectivity index (χ4n) is 5.11. The van der Waals surface area contributed by atoms with Gasteiger partial charge in [0.25, 0.3) is 10.1 Å². The molecule has 0 aromatic heterocycles. The van der Waals surface area contributed by atoms with Gasteiger partial charge in [-0.2, -0.15) is 8.42 Å². The van der Waals surface area contributed by atoms with E-state index in [1.807, 2.05) is 20.8 Å². The molecule has 0 saturated heterocycles. The molecule has 0 radical (unpaired) electrons. The zero-order valence-electron chi connectivity index (χ0n) is 14.6. The van der Waals surface area contributed by atoms with E-state index in [-0.39, 0.29) is 5.97 Å². The van der Waals surface area contributed by atoms with Crippen LogP contribution >= 0.6 is 0 Å². The lowest BCUT2D eigenvalue weighted by Crippen LogP contribution is -2.62. The van der Waals surface area contributed by atoms with Crippen molar-refractivity contribution in [1.29, 1.82) is 0 Å². The second-order valence-corrected chi connectivity index (χ2v) is 10.3. The first-order chi connectivity index (χ1) is 10.5. The van der Waals surface area contributed by atoms with Gasteiger partial charge in [0.05, 0.1) is 17.3 Å². The summed E-state index contributed by atoms with van der Waals surface area (Å²) in [6, 6.07) is 0. The van der Waals surface area contributed by atoms with E-state index in [1.54, 1.807) is 0 Å². The molecular formula is C17H28O5S. The van der Waals surface area contributed by atoms with E-state index >= 15 is 0 Å². The van der Waals surface area contributed by atoms with Crippen molar-refractivity contribution in [2.75, 3.05) is 6.26 Å². The maximum absolute atomic E-state index is 12.6.